The van der Waals surface area contributed by atoms with Gasteiger partial charge >= 0.3 is 5.69 Å². The number of hydrogen-bond acceptors (Lipinski definition) is 2. The first-order chi connectivity index (χ1) is 7.61. The highest BCUT2D eigenvalue weighted by molar-refractivity contribution is 5.10. The molecular weight excluding hydrogens is 204 g/mol. The van der Waals surface area contributed by atoms with Crippen LogP contribution in [-0.2, 0) is 27.1 Å². The molecular formula is C11H16N4O. The molecule has 0 aliphatic heterocycles. The highest BCUT2D eigenvalue weighted by Gasteiger charge is 2.06. The van der Waals surface area contributed by atoms with Crippen molar-refractivity contribution in [3.63, 3.8) is 0 Å². The van der Waals surface area contributed by atoms with Crippen molar-refractivity contribution in [3.8, 4) is 0 Å². The predicted octanol–water partition coefficient (Wildman–Crippen LogP) is 0.531. The van der Waals surface area contributed by atoms with Crippen LogP contribution < -0.4 is 5.69 Å². The SMILES string of the molecule is CCc1cc(Cn2ccn(C)c2=O)n(C)n1. The quantitative estimate of drug-likeness (QED) is 0.757. The molecule has 0 saturated carbocycles. The molecule has 16 heavy (non-hydrogen) atoms. The lowest BCUT2D eigenvalue weighted by Gasteiger charge is -2.01. The highest BCUT2D eigenvalue weighted by Crippen LogP contribution is 2.05. The topological polar surface area (TPSA) is 44.8 Å². The van der Waals surface area contributed by atoms with Gasteiger partial charge in [-0.25, -0.2) is 4.79 Å². The third-order valence-electron chi connectivity index (χ3n) is 2.74. The lowest BCUT2D eigenvalue weighted by atomic mass is 10.3. The minimum atomic E-state index is -0.000696. The van der Waals surface area contributed by atoms with E-state index in [0.29, 0.717) is 6.54 Å². The number of imidazole rings is 1. The highest BCUT2D eigenvalue weighted by atomic mass is 16.1. The minimum Gasteiger partial charge on any atom is -0.302 e. The Kier molecular flexibility index (Phi) is 2.68. The van der Waals surface area contributed by atoms with E-state index in [-0.39, 0.29) is 5.69 Å². The van der Waals surface area contributed by atoms with Crippen molar-refractivity contribution < 1.29 is 0 Å². The smallest absolute Gasteiger partial charge is 0.302 e. The van der Waals surface area contributed by atoms with E-state index < -0.39 is 0 Å². The molecule has 0 N–H and O–H groups in total. The molecule has 0 saturated heterocycles. The van der Waals surface area contributed by atoms with Gasteiger partial charge in [-0.05, 0) is 12.5 Å². The molecule has 2 aromatic heterocycles. The van der Waals surface area contributed by atoms with Crippen LogP contribution >= 0.6 is 0 Å². The lowest BCUT2D eigenvalue weighted by Crippen LogP contribution is -2.23. The lowest BCUT2D eigenvalue weighted by molar-refractivity contribution is 0.639. The molecule has 0 amide bonds. The fraction of sp³-hybridized carbons (Fsp3) is 0.455. The third kappa shape index (κ3) is 1.80. The zero-order valence-electron chi connectivity index (χ0n) is 9.84. The summed E-state index contributed by atoms with van der Waals surface area (Å²) in [5.74, 6) is 0. The van der Waals surface area contributed by atoms with Crippen molar-refractivity contribution >= 4 is 0 Å². The number of rotatable bonds is 3. The maximum atomic E-state index is 11.7. The summed E-state index contributed by atoms with van der Waals surface area (Å²) < 4.78 is 5.08. The Bertz CT molecular complexity index is 547. The summed E-state index contributed by atoms with van der Waals surface area (Å²) in [5, 5.41) is 4.36. The van der Waals surface area contributed by atoms with Crippen LogP contribution in [0.4, 0.5) is 0 Å². The van der Waals surface area contributed by atoms with Gasteiger partial charge in [0.2, 0.25) is 0 Å². The summed E-state index contributed by atoms with van der Waals surface area (Å²) in [5.41, 5.74) is 2.10. The first kappa shape index (κ1) is 10.7. The van der Waals surface area contributed by atoms with Crippen molar-refractivity contribution in [3.05, 3.63) is 40.3 Å². The summed E-state index contributed by atoms with van der Waals surface area (Å²) in [4.78, 5) is 11.7. The maximum Gasteiger partial charge on any atom is 0.328 e. The normalized spacial score (nSPS) is 10.9. The Labute approximate surface area is 93.9 Å². The second kappa shape index (κ2) is 4.00. The Hall–Kier alpha value is -1.78. The van der Waals surface area contributed by atoms with Gasteiger partial charge in [-0.2, -0.15) is 5.10 Å². The fourth-order valence-corrected chi connectivity index (χ4v) is 1.70. The van der Waals surface area contributed by atoms with Crippen LogP contribution in [-0.4, -0.2) is 18.9 Å². The zero-order chi connectivity index (χ0) is 11.7. The second-order valence-electron chi connectivity index (χ2n) is 3.92. The zero-order valence-corrected chi connectivity index (χ0v) is 9.84. The molecule has 86 valence electrons. The van der Waals surface area contributed by atoms with E-state index in [1.807, 2.05) is 17.8 Å². The molecule has 0 unspecified atom stereocenters. The van der Waals surface area contributed by atoms with Gasteiger partial charge in [0, 0.05) is 26.5 Å². The van der Waals surface area contributed by atoms with Crippen molar-refractivity contribution in [2.24, 2.45) is 14.1 Å². The molecule has 0 fully saturated rings. The van der Waals surface area contributed by atoms with E-state index in [0.717, 1.165) is 17.8 Å². The summed E-state index contributed by atoms with van der Waals surface area (Å²) in [6.07, 6.45) is 4.47. The van der Waals surface area contributed by atoms with E-state index in [1.54, 1.807) is 28.6 Å². The molecule has 0 atom stereocenters. The average Bonchev–Trinajstić information content (AvgIpc) is 2.77. The van der Waals surface area contributed by atoms with E-state index in [9.17, 15) is 4.79 Å². The largest absolute Gasteiger partial charge is 0.328 e. The van der Waals surface area contributed by atoms with E-state index in [2.05, 4.69) is 12.0 Å². The molecule has 0 spiro atoms. The monoisotopic (exact) mass is 220 g/mol. The standard InChI is InChI=1S/C11H16N4O/c1-4-9-7-10(14(3)12-9)8-15-6-5-13(2)11(15)16/h5-7H,4,8H2,1-3H3. The number of hydrogen-bond donors (Lipinski definition) is 0. The molecule has 0 bridgehead atoms. The molecule has 5 heteroatoms. The molecule has 2 rings (SSSR count). The van der Waals surface area contributed by atoms with Crippen LogP contribution in [0.15, 0.2) is 23.3 Å². The van der Waals surface area contributed by atoms with E-state index in [4.69, 9.17) is 0 Å². The van der Waals surface area contributed by atoms with Crippen LogP contribution in [0.25, 0.3) is 0 Å². The van der Waals surface area contributed by atoms with Crippen molar-refractivity contribution in [2.75, 3.05) is 0 Å². The Morgan fingerprint density at radius 1 is 1.31 bits per heavy atom. The Balaban J connectivity index is 2.30. The Morgan fingerprint density at radius 2 is 2.06 bits per heavy atom. The molecule has 0 aromatic carbocycles. The average molecular weight is 220 g/mol. The van der Waals surface area contributed by atoms with Gasteiger partial charge in [0.25, 0.3) is 0 Å². The summed E-state index contributed by atoms with van der Waals surface area (Å²) in [6, 6.07) is 2.04. The minimum absolute atomic E-state index is 0.000696. The van der Waals surface area contributed by atoms with Crippen LogP contribution in [0.2, 0.25) is 0 Å². The Morgan fingerprint density at radius 3 is 2.56 bits per heavy atom. The molecule has 5 nitrogen and oxygen atoms in total. The molecule has 0 radical (unpaired) electrons. The molecule has 0 aliphatic carbocycles. The van der Waals surface area contributed by atoms with Crippen LogP contribution in [0.5, 0.6) is 0 Å². The fourth-order valence-electron chi connectivity index (χ4n) is 1.70. The first-order valence-corrected chi connectivity index (χ1v) is 5.35. The van der Waals surface area contributed by atoms with E-state index in [1.165, 1.54) is 0 Å². The summed E-state index contributed by atoms with van der Waals surface area (Å²) in [6.45, 7) is 2.64. The van der Waals surface area contributed by atoms with Gasteiger partial charge in [-0.1, -0.05) is 6.92 Å². The van der Waals surface area contributed by atoms with Gasteiger partial charge < -0.3 is 4.57 Å². The molecule has 2 aromatic rings. The molecule has 2 heterocycles. The van der Waals surface area contributed by atoms with Crippen molar-refractivity contribution in [2.45, 2.75) is 19.9 Å². The van der Waals surface area contributed by atoms with Crippen LogP contribution in [0, 0.1) is 0 Å². The number of aromatic nitrogens is 4. The maximum absolute atomic E-state index is 11.7. The number of aryl methyl sites for hydroxylation is 3. The van der Waals surface area contributed by atoms with E-state index >= 15 is 0 Å². The third-order valence-corrected chi connectivity index (χ3v) is 2.74. The van der Waals surface area contributed by atoms with Crippen LogP contribution in [0.1, 0.15) is 18.3 Å². The second-order valence-corrected chi connectivity index (χ2v) is 3.92. The van der Waals surface area contributed by atoms with Gasteiger partial charge in [0.05, 0.1) is 17.9 Å². The first-order valence-electron chi connectivity index (χ1n) is 5.35. The van der Waals surface area contributed by atoms with Gasteiger partial charge in [0.15, 0.2) is 0 Å². The summed E-state index contributed by atoms with van der Waals surface area (Å²) in [7, 11) is 3.65. The predicted molar refractivity (Wildman–Crippen MR) is 61.4 cm³/mol. The van der Waals surface area contributed by atoms with Crippen molar-refractivity contribution in [1.29, 1.82) is 0 Å². The number of nitrogens with zero attached hydrogens (tertiary/aromatic N) is 4. The van der Waals surface area contributed by atoms with Gasteiger partial charge in [-0.3, -0.25) is 9.25 Å². The van der Waals surface area contributed by atoms with Gasteiger partial charge in [0.1, 0.15) is 0 Å². The van der Waals surface area contributed by atoms with Gasteiger partial charge in [-0.15, -0.1) is 0 Å². The van der Waals surface area contributed by atoms with Crippen LogP contribution in [0.3, 0.4) is 0 Å². The van der Waals surface area contributed by atoms with Crippen molar-refractivity contribution in [1.82, 2.24) is 18.9 Å². The molecule has 0 aliphatic rings. The summed E-state index contributed by atoms with van der Waals surface area (Å²) >= 11 is 0.